The fourth-order valence-corrected chi connectivity index (χ4v) is 3.58. The van der Waals surface area contributed by atoms with Crippen LogP contribution >= 0.6 is 0 Å². The normalized spacial score (nSPS) is 13.9. The topological polar surface area (TPSA) is 92.9 Å². The molecule has 0 saturated heterocycles. The number of aliphatic imine (C=N–C) groups is 1. The van der Waals surface area contributed by atoms with Crippen molar-refractivity contribution in [2.45, 2.75) is 67.2 Å². The van der Waals surface area contributed by atoms with Gasteiger partial charge in [0.05, 0.1) is 24.1 Å². The van der Waals surface area contributed by atoms with Gasteiger partial charge in [-0.25, -0.2) is 0 Å². The van der Waals surface area contributed by atoms with Gasteiger partial charge in [0.2, 0.25) is 0 Å². The van der Waals surface area contributed by atoms with E-state index in [0.29, 0.717) is 18.7 Å². The lowest BCUT2D eigenvalue weighted by Gasteiger charge is -2.21. The molecule has 7 heteroatoms. The van der Waals surface area contributed by atoms with E-state index in [1.807, 2.05) is 58.2 Å². The Morgan fingerprint density at radius 3 is 2.35 bits per heavy atom. The molecule has 0 aliphatic heterocycles. The second-order valence-corrected chi connectivity index (χ2v) is 9.72. The molecule has 2 aromatic rings. The molecular formula is C27H39N3O4. The van der Waals surface area contributed by atoms with Crippen LogP contribution in [0.25, 0.3) is 0 Å². The van der Waals surface area contributed by atoms with Gasteiger partial charge in [0, 0.05) is 30.9 Å². The number of carbonyl (C=O) groups is 1. The summed E-state index contributed by atoms with van der Waals surface area (Å²) in [6.45, 7) is 14.2. The lowest BCUT2D eigenvalue weighted by atomic mass is 9.99. The van der Waals surface area contributed by atoms with Crippen LogP contribution in [0.2, 0.25) is 0 Å². The van der Waals surface area contributed by atoms with Gasteiger partial charge in [0.25, 0.3) is 5.56 Å². The Morgan fingerprint density at radius 2 is 1.79 bits per heavy atom. The van der Waals surface area contributed by atoms with Crippen molar-refractivity contribution in [3.8, 4) is 0 Å². The lowest BCUT2D eigenvalue weighted by molar-refractivity contribution is -0.150. The molecule has 1 aromatic carbocycles. The second kappa shape index (κ2) is 12.1. The van der Waals surface area contributed by atoms with Crippen molar-refractivity contribution < 1.29 is 14.6 Å². The zero-order valence-corrected chi connectivity index (χ0v) is 21.7. The standard InChI is InChI=1S/C27H39N3O4/c1-16(2)15-34-27(33)25(20(7)31)28-13-21-10-9-18(5)23(12-21)29-24(17(3)4)22-11-19(6)26(32)30(8)14-22/h9-12,14,16-17,20,25,28,31H,13,15H2,1-8H3/b29-24+/t20?,25-/m0/s1. The number of nitrogens with one attached hydrogen (secondary N) is 1. The lowest BCUT2D eigenvalue weighted by Crippen LogP contribution is -2.45. The van der Waals surface area contributed by atoms with E-state index in [-0.39, 0.29) is 17.4 Å². The Labute approximate surface area is 202 Å². The van der Waals surface area contributed by atoms with Gasteiger partial charge in [-0.15, -0.1) is 0 Å². The Kier molecular flexibility index (Phi) is 9.77. The largest absolute Gasteiger partial charge is 0.464 e. The summed E-state index contributed by atoms with van der Waals surface area (Å²) in [7, 11) is 1.75. The van der Waals surface area contributed by atoms with Gasteiger partial charge in [-0.3, -0.25) is 19.9 Å². The highest BCUT2D eigenvalue weighted by Crippen LogP contribution is 2.24. The number of aryl methyl sites for hydroxylation is 3. The third-order valence-electron chi connectivity index (χ3n) is 5.54. The SMILES string of the molecule is Cc1ccc(CN[C@H](C(=O)OCC(C)C)C(C)O)cc1/N=C(/c1cc(C)c(=O)n(C)c1)C(C)C. The van der Waals surface area contributed by atoms with E-state index in [1.165, 1.54) is 0 Å². The summed E-state index contributed by atoms with van der Waals surface area (Å²) in [6.07, 6.45) is 0.938. The molecule has 186 valence electrons. The molecule has 0 spiro atoms. The van der Waals surface area contributed by atoms with Crippen LogP contribution in [0.1, 0.15) is 56.9 Å². The number of aliphatic hydroxyl groups is 1. The van der Waals surface area contributed by atoms with Crippen molar-refractivity contribution in [3.63, 3.8) is 0 Å². The highest BCUT2D eigenvalue weighted by molar-refractivity contribution is 6.03. The molecule has 0 bridgehead atoms. The Bertz CT molecular complexity index is 1060. The fourth-order valence-electron chi connectivity index (χ4n) is 3.58. The maximum absolute atomic E-state index is 12.4. The summed E-state index contributed by atoms with van der Waals surface area (Å²) in [5, 5.41) is 13.2. The fraction of sp³-hybridized carbons (Fsp3) is 0.519. The van der Waals surface area contributed by atoms with E-state index in [2.05, 4.69) is 19.2 Å². The van der Waals surface area contributed by atoms with Crippen molar-refractivity contribution in [1.82, 2.24) is 9.88 Å². The molecule has 7 nitrogen and oxygen atoms in total. The van der Waals surface area contributed by atoms with E-state index in [9.17, 15) is 14.7 Å². The predicted octanol–water partition coefficient (Wildman–Crippen LogP) is 3.82. The first kappa shape index (κ1) is 27.5. The third kappa shape index (κ3) is 7.37. The van der Waals surface area contributed by atoms with Gasteiger partial charge >= 0.3 is 5.97 Å². The number of hydrogen-bond donors (Lipinski definition) is 2. The van der Waals surface area contributed by atoms with E-state index < -0.39 is 18.1 Å². The van der Waals surface area contributed by atoms with Crippen molar-refractivity contribution in [3.05, 3.63) is 63.1 Å². The summed E-state index contributed by atoms with van der Waals surface area (Å²) in [4.78, 5) is 29.5. The van der Waals surface area contributed by atoms with Gasteiger partial charge in [0.1, 0.15) is 6.04 Å². The highest BCUT2D eigenvalue weighted by Gasteiger charge is 2.25. The van der Waals surface area contributed by atoms with Crippen LogP contribution < -0.4 is 10.9 Å². The van der Waals surface area contributed by atoms with Crippen LogP contribution in [0.3, 0.4) is 0 Å². The summed E-state index contributed by atoms with van der Waals surface area (Å²) >= 11 is 0. The zero-order chi connectivity index (χ0) is 25.6. The van der Waals surface area contributed by atoms with E-state index in [0.717, 1.165) is 28.1 Å². The summed E-state index contributed by atoms with van der Waals surface area (Å²) < 4.78 is 6.89. The van der Waals surface area contributed by atoms with E-state index in [1.54, 1.807) is 18.5 Å². The Balaban J connectivity index is 2.31. The average molecular weight is 470 g/mol. The minimum atomic E-state index is -0.886. The molecule has 2 atom stereocenters. The quantitative estimate of drug-likeness (QED) is 0.408. The minimum Gasteiger partial charge on any atom is -0.464 e. The summed E-state index contributed by atoms with van der Waals surface area (Å²) in [5.74, 6) is -0.0864. The summed E-state index contributed by atoms with van der Waals surface area (Å²) in [6, 6.07) is 7.03. The highest BCUT2D eigenvalue weighted by atomic mass is 16.5. The maximum Gasteiger partial charge on any atom is 0.325 e. The van der Waals surface area contributed by atoms with Crippen molar-refractivity contribution >= 4 is 17.4 Å². The Hall–Kier alpha value is -2.77. The van der Waals surface area contributed by atoms with Crippen LogP contribution in [0, 0.1) is 25.7 Å². The van der Waals surface area contributed by atoms with Crippen LogP contribution in [-0.4, -0.2) is 40.1 Å². The molecule has 0 saturated carbocycles. The predicted molar refractivity (Wildman–Crippen MR) is 137 cm³/mol. The first-order valence-corrected chi connectivity index (χ1v) is 11.8. The molecule has 1 aromatic heterocycles. The number of aliphatic hydroxyl groups excluding tert-OH is 1. The van der Waals surface area contributed by atoms with E-state index >= 15 is 0 Å². The van der Waals surface area contributed by atoms with Gasteiger partial charge in [-0.1, -0.05) is 39.8 Å². The number of pyridine rings is 1. The van der Waals surface area contributed by atoms with Crippen LogP contribution in [0.4, 0.5) is 5.69 Å². The molecule has 0 aliphatic carbocycles. The van der Waals surface area contributed by atoms with Gasteiger partial charge in [-0.05, 0) is 55.9 Å². The molecule has 0 amide bonds. The molecule has 0 radical (unpaired) electrons. The van der Waals surface area contributed by atoms with Crippen molar-refractivity contribution in [2.75, 3.05) is 6.61 Å². The van der Waals surface area contributed by atoms with Crippen molar-refractivity contribution in [2.24, 2.45) is 23.9 Å². The molecule has 34 heavy (non-hydrogen) atoms. The number of carbonyl (C=O) groups excluding carboxylic acids is 1. The molecule has 2 rings (SSSR count). The molecule has 1 unspecified atom stereocenters. The molecule has 2 N–H and O–H groups in total. The molecule has 0 aliphatic rings. The number of rotatable bonds is 10. The second-order valence-electron chi connectivity index (χ2n) is 9.72. The Morgan fingerprint density at radius 1 is 1.12 bits per heavy atom. The maximum atomic E-state index is 12.4. The number of esters is 1. The zero-order valence-electron chi connectivity index (χ0n) is 21.7. The van der Waals surface area contributed by atoms with Crippen molar-refractivity contribution in [1.29, 1.82) is 0 Å². The van der Waals surface area contributed by atoms with E-state index in [4.69, 9.17) is 9.73 Å². The minimum absolute atomic E-state index is 0.0179. The monoisotopic (exact) mass is 469 g/mol. The summed E-state index contributed by atoms with van der Waals surface area (Å²) in [5.41, 5.74) is 5.25. The van der Waals surface area contributed by atoms with Gasteiger partial charge in [0.15, 0.2) is 0 Å². The number of aromatic nitrogens is 1. The first-order chi connectivity index (χ1) is 15.9. The van der Waals surface area contributed by atoms with Crippen LogP contribution in [0.15, 0.2) is 40.2 Å². The number of hydrogen-bond acceptors (Lipinski definition) is 6. The number of nitrogens with zero attached hydrogens (tertiary/aromatic N) is 2. The number of benzene rings is 1. The van der Waals surface area contributed by atoms with Gasteiger partial charge < -0.3 is 14.4 Å². The molecule has 1 heterocycles. The van der Waals surface area contributed by atoms with Crippen LogP contribution in [0.5, 0.6) is 0 Å². The first-order valence-electron chi connectivity index (χ1n) is 11.8. The van der Waals surface area contributed by atoms with Crippen LogP contribution in [-0.2, 0) is 23.1 Å². The molecular weight excluding hydrogens is 430 g/mol. The van der Waals surface area contributed by atoms with Gasteiger partial charge in [-0.2, -0.15) is 0 Å². The smallest absolute Gasteiger partial charge is 0.325 e. The number of ether oxygens (including phenoxy) is 1. The molecule has 0 fully saturated rings. The average Bonchev–Trinajstić information content (AvgIpc) is 2.75. The third-order valence-corrected chi connectivity index (χ3v) is 5.54.